The fraction of sp³-hybridized carbons (Fsp3) is 0.429. The highest BCUT2D eigenvalue weighted by Crippen LogP contribution is 2.35. The lowest BCUT2D eigenvalue weighted by atomic mass is 10.1. The normalized spacial score (nSPS) is 18.5. The van der Waals surface area contributed by atoms with Crippen molar-refractivity contribution in [1.82, 2.24) is 5.32 Å². The molecule has 0 radical (unpaired) electrons. The van der Waals surface area contributed by atoms with Crippen LogP contribution in [0.15, 0.2) is 12.1 Å². The predicted octanol–water partition coefficient (Wildman–Crippen LogP) is -0.659. The molecule has 7 N–H and O–H groups in total. The molecular formula is C14H19N5O6. The number of primary amides is 1. The molecular weight excluding hydrogens is 334 g/mol. The number of aliphatic hydroxyl groups is 2. The van der Waals surface area contributed by atoms with Crippen molar-refractivity contribution in [3.63, 3.8) is 0 Å². The van der Waals surface area contributed by atoms with Crippen LogP contribution < -0.4 is 21.7 Å². The highest BCUT2D eigenvalue weighted by Gasteiger charge is 2.28. The van der Waals surface area contributed by atoms with Crippen molar-refractivity contribution in [3.05, 3.63) is 27.8 Å². The first kappa shape index (κ1) is 18.4. The van der Waals surface area contributed by atoms with Crippen molar-refractivity contribution in [1.29, 1.82) is 0 Å². The molecule has 1 aromatic rings. The molecule has 1 aromatic carbocycles. The molecule has 2 atom stereocenters. The molecule has 0 saturated heterocycles. The van der Waals surface area contributed by atoms with Gasteiger partial charge in [-0.25, -0.2) is 0 Å². The van der Waals surface area contributed by atoms with Gasteiger partial charge in [0.15, 0.2) is 12.5 Å². The maximum atomic E-state index is 11.8. The summed E-state index contributed by atoms with van der Waals surface area (Å²) >= 11 is 0. The molecule has 11 heteroatoms. The second-order valence-electron chi connectivity index (χ2n) is 5.56. The van der Waals surface area contributed by atoms with E-state index < -0.39 is 23.3 Å². The number of anilines is 2. The maximum Gasteiger partial charge on any atom is 0.271 e. The fourth-order valence-electron chi connectivity index (χ4n) is 2.38. The van der Waals surface area contributed by atoms with E-state index in [1.54, 1.807) is 0 Å². The van der Waals surface area contributed by atoms with Crippen molar-refractivity contribution >= 4 is 28.9 Å². The number of nitrogens with two attached hydrogens (primary N) is 1. The molecule has 1 heterocycles. The number of nitro benzene ring substituents is 1. The number of non-ortho nitro benzene ring substituents is 1. The first-order chi connectivity index (χ1) is 11.8. The smallest absolute Gasteiger partial charge is 0.271 e. The van der Waals surface area contributed by atoms with Gasteiger partial charge in [-0.15, -0.1) is 0 Å². The predicted molar refractivity (Wildman–Crippen MR) is 87.2 cm³/mol. The van der Waals surface area contributed by atoms with Gasteiger partial charge < -0.3 is 31.9 Å². The average molecular weight is 353 g/mol. The average Bonchev–Trinajstić information content (AvgIpc) is 2.53. The van der Waals surface area contributed by atoms with Gasteiger partial charge in [-0.2, -0.15) is 0 Å². The molecule has 0 aromatic heterocycles. The summed E-state index contributed by atoms with van der Waals surface area (Å²) in [5.41, 5.74) is 5.72. The van der Waals surface area contributed by atoms with Crippen molar-refractivity contribution < 1.29 is 24.7 Å². The van der Waals surface area contributed by atoms with Crippen LogP contribution in [-0.2, 0) is 16.1 Å². The summed E-state index contributed by atoms with van der Waals surface area (Å²) in [6, 6.07) is 2.48. The molecule has 2 amide bonds. The zero-order valence-electron chi connectivity index (χ0n) is 13.2. The number of rotatable bonds is 7. The number of hydrogen-bond donors (Lipinski definition) is 6. The first-order valence-corrected chi connectivity index (χ1v) is 7.53. The Kier molecular flexibility index (Phi) is 5.72. The Hall–Kier alpha value is -2.92. The largest absolute Gasteiger partial charge is 0.370 e. The van der Waals surface area contributed by atoms with Crippen LogP contribution in [0.5, 0.6) is 0 Å². The number of amides is 2. The summed E-state index contributed by atoms with van der Waals surface area (Å²) in [5.74, 6) is -0.839. The summed E-state index contributed by atoms with van der Waals surface area (Å²) in [6.07, 6.45) is -2.15. The molecule has 2 rings (SSSR count). The highest BCUT2D eigenvalue weighted by atomic mass is 16.6. The summed E-state index contributed by atoms with van der Waals surface area (Å²) < 4.78 is 0. The van der Waals surface area contributed by atoms with Gasteiger partial charge in [-0.3, -0.25) is 19.7 Å². The molecule has 0 aliphatic carbocycles. The van der Waals surface area contributed by atoms with E-state index in [4.69, 9.17) is 5.73 Å². The lowest BCUT2D eigenvalue weighted by Gasteiger charge is -2.31. The number of carbonyl (C=O) groups excluding carboxylic acids is 2. The molecule has 1 aliphatic heterocycles. The van der Waals surface area contributed by atoms with Gasteiger partial charge in [0.1, 0.15) is 0 Å². The Balaban J connectivity index is 2.12. The van der Waals surface area contributed by atoms with Crippen molar-refractivity contribution in [2.24, 2.45) is 5.73 Å². The number of nitrogens with zero attached hydrogens (tertiary/aromatic N) is 1. The Morgan fingerprint density at radius 2 is 1.92 bits per heavy atom. The van der Waals surface area contributed by atoms with E-state index in [-0.39, 0.29) is 36.7 Å². The Morgan fingerprint density at radius 3 is 2.56 bits per heavy atom. The summed E-state index contributed by atoms with van der Waals surface area (Å²) in [4.78, 5) is 32.9. The molecule has 136 valence electrons. The monoisotopic (exact) mass is 353 g/mol. The number of hydrogen-bond acceptors (Lipinski definition) is 8. The van der Waals surface area contributed by atoms with Gasteiger partial charge in [0.25, 0.3) is 5.69 Å². The van der Waals surface area contributed by atoms with Crippen molar-refractivity contribution in [3.8, 4) is 0 Å². The van der Waals surface area contributed by atoms with Crippen molar-refractivity contribution in [2.75, 3.05) is 10.6 Å². The van der Waals surface area contributed by atoms with E-state index >= 15 is 0 Å². The molecule has 0 fully saturated rings. The maximum absolute atomic E-state index is 11.8. The number of aliphatic hydroxyl groups excluding tert-OH is 2. The van der Waals surface area contributed by atoms with Crippen LogP contribution in [0.4, 0.5) is 17.1 Å². The number of benzene rings is 1. The SMILES string of the molecule is NC(=O)CCCC(=O)NCc1cc([N+](=O)[O-])cc2c1NC(O)C(O)N2. The molecule has 0 saturated carbocycles. The van der Waals surface area contributed by atoms with Gasteiger partial charge in [0, 0.05) is 37.1 Å². The number of nitrogens with one attached hydrogen (secondary N) is 3. The Morgan fingerprint density at radius 1 is 1.24 bits per heavy atom. The Labute approximate surface area is 142 Å². The van der Waals surface area contributed by atoms with Crippen LogP contribution in [0, 0.1) is 10.1 Å². The van der Waals surface area contributed by atoms with Crippen LogP contribution in [-0.4, -0.2) is 39.4 Å². The number of carbonyl (C=O) groups is 2. The van der Waals surface area contributed by atoms with E-state index in [1.807, 2.05) is 0 Å². The molecule has 0 spiro atoms. The summed E-state index contributed by atoms with van der Waals surface area (Å²) in [5, 5.41) is 38.1. The van der Waals surface area contributed by atoms with Crippen LogP contribution in [0.2, 0.25) is 0 Å². The quantitative estimate of drug-likeness (QED) is 0.276. The molecule has 11 nitrogen and oxygen atoms in total. The highest BCUT2D eigenvalue weighted by molar-refractivity contribution is 5.80. The topological polar surface area (TPSA) is 180 Å². The van der Waals surface area contributed by atoms with Crippen LogP contribution in [0.1, 0.15) is 24.8 Å². The summed E-state index contributed by atoms with van der Waals surface area (Å²) in [7, 11) is 0. The molecule has 0 bridgehead atoms. The fourth-order valence-corrected chi connectivity index (χ4v) is 2.38. The lowest BCUT2D eigenvalue weighted by molar-refractivity contribution is -0.384. The zero-order valence-corrected chi connectivity index (χ0v) is 13.2. The Bertz CT molecular complexity index is 695. The van der Waals surface area contributed by atoms with Crippen LogP contribution in [0.25, 0.3) is 0 Å². The van der Waals surface area contributed by atoms with E-state index in [2.05, 4.69) is 16.0 Å². The van der Waals surface area contributed by atoms with E-state index in [9.17, 15) is 29.9 Å². The van der Waals surface area contributed by atoms with Crippen LogP contribution >= 0.6 is 0 Å². The molecule has 2 unspecified atom stereocenters. The lowest BCUT2D eigenvalue weighted by Crippen LogP contribution is -2.43. The minimum atomic E-state index is -1.33. The van der Waals surface area contributed by atoms with Gasteiger partial charge in [-0.05, 0) is 6.42 Å². The minimum Gasteiger partial charge on any atom is -0.370 e. The minimum absolute atomic E-state index is 0.0308. The third-order valence-corrected chi connectivity index (χ3v) is 3.61. The second-order valence-corrected chi connectivity index (χ2v) is 5.56. The molecule has 1 aliphatic rings. The number of nitro groups is 1. The first-order valence-electron chi connectivity index (χ1n) is 7.53. The van der Waals surface area contributed by atoms with Gasteiger partial charge in [0.05, 0.1) is 16.3 Å². The van der Waals surface area contributed by atoms with Gasteiger partial charge in [-0.1, -0.05) is 0 Å². The third kappa shape index (κ3) is 4.78. The second kappa shape index (κ2) is 7.77. The number of fused-ring (bicyclic) bond motifs is 1. The summed E-state index contributed by atoms with van der Waals surface area (Å²) in [6.45, 7) is -0.0308. The van der Waals surface area contributed by atoms with Crippen LogP contribution in [0.3, 0.4) is 0 Å². The third-order valence-electron chi connectivity index (χ3n) is 3.61. The standard InChI is InChI=1S/C14H19N5O6/c15-10(20)2-1-3-11(21)16-6-7-4-8(19(24)25)5-9-12(7)18-14(23)13(22)17-9/h4-5,13-14,17-18,22-23H,1-3,6H2,(H2,15,20)(H,16,21). The van der Waals surface area contributed by atoms with E-state index in [0.29, 0.717) is 17.7 Å². The van der Waals surface area contributed by atoms with Gasteiger partial charge >= 0.3 is 0 Å². The van der Waals surface area contributed by atoms with Crippen molar-refractivity contribution in [2.45, 2.75) is 38.3 Å². The van der Waals surface area contributed by atoms with E-state index in [1.165, 1.54) is 12.1 Å². The van der Waals surface area contributed by atoms with Gasteiger partial charge in [0.2, 0.25) is 11.8 Å². The molecule has 25 heavy (non-hydrogen) atoms. The zero-order chi connectivity index (χ0) is 18.6. The van der Waals surface area contributed by atoms with E-state index in [0.717, 1.165) is 0 Å².